The summed E-state index contributed by atoms with van der Waals surface area (Å²) >= 11 is 7.04. The summed E-state index contributed by atoms with van der Waals surface area (Å²) in [4.78, 5) is 14.9. The lowest BCUT2D eigenvalue weighted by Crippen LogP contribution is -2.05. The molecule has 2 nitrogen and oxygen atoms in total. The summed E-state index contributed by atoms with van der Waals surface area (Å²) in [6.07, 6.45) is 5.35. The van der Waals surface area contributed by atoms with Crippen LogP contribution in [0.4, 0.5) is 5.69 Å². The molecule has 3 heterocycles. The monoisotopic (exact) mass is 389 g/mol. The SMILES string of the molecule is O=C1Nc2cc(Br)ccc2/C1=C/C1CC=C(c2cccs2)S1. The second kappa shape index (κ2) is 5.72. The second-order valence-electron chi connectivity index (χ2n) is 5.16. The molecule has 1 N–H and O–H groups in total. The van der Waals surface area contributed by atoms with E-state index in [1.165, 1.54) is 9.78 Å². The first-order valence-corrected chi connectivity index (χ1v) is 9.50. The molecule has 22 heavy (non-hydrogen) atoms. The van der Waals surface area contributed by atoms with Crippen molar-refractivity contribution >= 4 is 61.1 Å². The van der Waals surface area contributed by atoms with Gasteiger partial charge in [0, 0.05) is 30.6 Å². The molecule has 2 aromatic rings. The first-order valence-electron chi connectivity index (χ1n) is 6.94. The van der Waals surface area contributed by atoms with Crippen molar-refractivity contribution in [2.75, 3.05) is 5.32 Å². The van der Waals surface area contributed by atoms with Gasteiger partial charge < -0.3 is 5.32 Å². The smallest absolute Gasteiger partial charge is 0.256 e. The minimum absolute atomic E-state index is 0.00160. The molecule has 2 aliphatic heterocycles. The Morgan fingerprint density at radius 2 is 2.23 bits per heavy atom. The molecule has 110 valence electrons. The summed E-state index contributed by atoms with van der Waals surface area (Å²) in [5, 5.41) is 5.36. The van der Waals surface area contributed by atoms with E-state index >= 15 is 0 Å². The fourth-order valence-corrected chi connectivity index (χ4v) is 5.09. The molecular formula is C17H12BrNOS2. The summed E-state index contributed by atoms with van der Waals surface area (Å²) in [6, 6.07) is 10.1. The number of fused-ring (bicyclic) bond motifs is 1. The van der Waals surface area contributed by atoms with E-state index in [1.807, 2.05) is 30.0 Å². The fourth-order valence-electron chi connectivity index (χ4n) is 2.68. The molecule has 1 aromatic carbocycles. The molecule has 0 spiro atoms. The number of hydrogen-bond donors (Lipinski definition) is 1. The molecule has 2 aliphatic rings. The minimum atomic E-state index is -0.00160. The Bertz CT molecular complexity index is 808. The van der Waals surface area contributed by atoms with Gasteiger partial charge >= 0.3 is 0 Å². The standard InChI is InChI=1S/C17H12BrNOS2/c18-10-3-5-12-13(17(20)19-14(12)8-10)9-11-4-6-16(22-11)15-2-1-7-21-15/h1-3,5-9,11H,4H2,(H,19,20)/b13-9-. The highest BCUT2D eigenvalue weighted by Crippen LogP contribution is 2.43. The van der Waals surface area contributed by atoms with Crippen LogP contribution in [-0.4, -0.2) is 11.2 Å². The van der Waals surface area contributed by atoms with E-state index in [9.17, 15) is 4.79 Å². The summed E-state index contributed by atoms with van der Waals surface area (Å²) in [6.45, 7) is 0. The first-order chi connectivity index (χ1) is 10.7. The van der Waals surface area contributed by atoms with Crippen molar-refractivity contribution in [1.82, 2.24) is 0 Å². The average molecular weight is 390 g/mol. The highest BCUT2D eigenvalue weighted by atomic mass is 79.9. The van der Waals surface area contributed by atoms with Crippen LogP contribution >= 0.6 is 39.0 Å². The molecule has 0 bridgehead atoms. The van der Waals surface area contributed by atoms with Crippen molar-refractivity contribution in [3.8, 4) is 0 Å². The predicted molar refractivity (Wildman–Crippen MR) is 99.0 cm³/mol. The Kier molecular flexibility index (Phi) is 3.72. The molecule has 5 heteroatoms. The van der Waals surface area contributed by atoms with Gasteiger partial charge in [0.05, 0.1) is 5.69 Å². The van der Waals surface area contributed by atoms with E-state index in [0.29, 0.717) is 5.25 Å². The third-order valence-electron chi connectivity index (χ3n) is 3.70. The van der Waals surface area contributed by atoms with Crippen LogP contribution in [-0.2, 0) is 4.79 Å². The van der Waals surface area contributed by atoms with Gasteiger partial charge in [0.15, 0.2) is 0 Å². The van der Waals surface area contributed by atoms with Crippen LogP contribution in [0.2, 0.25) is 0 Å². The lowest BCUT2D eigenvalue weighted by molar-refractivity contribution is -0.110. The number of amides is 1. The lowest BCUT2D eigenvalue weighted by atomic mass is 10.1. The fraction of sp³-hybridized carbons (Fsp3) is 0.118. The number of carbonyl (C=O) groups excluding carboxylic acids is 1. The van der Waals surface area contributed by atoms with Gasteiger partial charge in [-0.05, 0) is 30.0 Å². The number of anilines is 1. The van der Waals surface area contributed by atoms with E-state index in [4.69, 9.17) is 0 Å². The molecule has 1 unspecified atom stereocenters. The Hall–Kier alpha value is -1.30. The number of thioether (sulfide) groups is 1. The van der Waals surface area contributed by atoms with Crippen molar-refractivity contribution in [2.45, 2.75) is 11.7 Å². The molecule has 1 aromatic heterocycles. The van der Waals surface area contributed by atoms with Crippen LogP contribution in [0, 0.1) is 0 Å². The number of benzene rings is 1. The van der Waals surface area contributed by atoms with Crippen molar-refractivity contribution in [3.05, 3.63) is 62.8 Å². The van der Waals surface area contributed by atoms with Gasteiger partial charge in [-0.15, -0.1) is 23.1 Å². The van der Waals surface area contributed by atoms with Gasteiger partial charge in [0.2, 0.25) is 0 Å². The van der Waals surface area contributed by atoms with Crippen molar-refractivity contribution in [2.24, 2.45) is 0 Å². The third kappa shape index (κ3) is 2.57. The van der Waals surface area contributed by atoms with E-state index in [-0.39, 0.29) is 5.91 Å². The number of nitrogens with one attached hydrogen (secondary N) is 1. The van der Waals surface area contributed by atoms with E-state index in [2.05, 4.69) is 50.9 Å². The Labute approximate surface area is 145 Å². The van der Waals surface area contributed by atoms with Gasteiger partial charge in [-0.25, -0.2) is 0 Å². The zero-order chi connectivity index (χ0) is 15.1. The van der Waals surface area contributed by atoms with Crippen LogP contribution in [0.15, 0.2) is 52.3 Å². The quantitative estimate of drug-likeness (QED) is 0.697. The van der Waals surface area contributed by atoms with Crippen molar-refractivity contribution < 1.29 is 4.79 Å². The lowest BCUT2D eigenvalue weighted by Gasteiger charge is -2.05. The predicted octanol–water partition coefficient (Wildman–Crippen LogP) is 5.39. The number of halogens is 1. The normalized spacial score (nSPS) is 21.9. The molecule has 0 aliphatic carbocycles. The average Bonchev–Trinajstić information content (AvgIpc) is 3.20. The van der Waals surface area contributed by atoms with Gasteiger partial charge in [-0.1, -0.05) is 40.2 Å². The van der Waals surface area contributed by atoms with Crippen LogP contribution in [0.1, 0.15) is 16.9 Å². The van der Waals surface area contributed by atoms with E-state index in [0.717, 1.165) is 27.7 Å². The molecule has 1 amide bonds. The molecule has 0 radical (unpaired) electrons. The highest BCUT2D eigenvalue weighted by Gasteiger charge is 2.27. The second-order valence-corrected chi connectivity index (χ2v) is 8.31. The van der Waals surface area contributed by atoms with Gasteiger partial charge in [-0.2, -0.15) is 0 Å². The first kappa shape index (κ1) is 14.3. The van der Waals surface area contributed by atoms with E-state index < -0.39 is 0 Å². The van der Waals surface area contributed by atoms with Gasteiger partial charge in [0.1, 0.15) is 0 Å². The Morgan fingerprint density at radius 1 is 1.32 bits per heavy atom. The van der Waals surface area contributed by atoms with Gasteiger partial charge in [-0.3, -0.25) is 4.79 Å². The number of allylic oxidation sites excluding steroid dienone is 1. The van der Waals surface area contributed by atoms with Crippen LogP contribution in [0.3, 0.4) is 0 Å². The molecule has 0 saturated heterocycles. The maximum Gasteiger partial charge on any atom is 0.256 e. The summed E-state index contributed by atoms with van der Waals surface area (Å²) in [5.74, 6) is -0.00160. The highest BCUT2D eigenvalue weighted by molar-refractivity contribution is 9.10. The summed E-state index contributed by atoms with van der Waals surface area (Å²) in [5.41, 5.74) is 2.68. The molecule has 0 saturated carbocycles. The van der Waals surface area contributed by atoms with Crippen LogP contribution < -0.4 is 5.32 Å². The Balaban J connectivity index is 1.59. The molecule has 1 atom stereocenters. The maximum atomic E-state index is 12.2. The van der Waals surface area contributed by atoms with Crippen molar-refractivity contribution in [1.29, 1.82) is 0 Å². The number of hydrogen-bond acceptors (Lipinski definition) is 3. The molecular weight excluding hydrogens is 378 g/mol. The molecule has 0 fully saturated rings. The summed E-state index contributed by atoms with van der Waals surface area (Å²) in [7, 11) is 0. The van der Waals surface area contributed by atoms with Crippen LogP contribution in [0.25, 0.3) is 10.5 Å². The zero-order valence-corrected chi connectivity index (χ0v) is 14.7. The number of rotatable bonds is 2. The maximum absolute atomic E-state index is 12.2. The zero-order valence-electron chi connectivity index (χ0n) is 11.5. The third-order valence-corrected chi connectivity index (χ3v) is 6.49. The topological polar surface area (TPSA) is 29.1 Å². The minimum Gasteiger partial charge on any atom is -0.321 e. The molecule has 4 rings (SSSR count). The van der Waals surface area contributed by atoms with E-state index in [1.54, 1.807) is 11.3 Å². The number of thiophene rings is 1. The number of carbonyl (C=O) groups is 1. The largest absolute Gasteiger partial charge is 0.321 e. The summed E-state index contributed by atoms with van der Waals surface area (Å²) < 4.78 is 0.977. The Morgan fingerprint density at radius 3 is 3.05 bits per heavy atom. The van der Waals surface area contributed by atoms with Crippen molar-refractivity contribution in [3.63, 3.8) is 0 Å². The van der Waals surface area contributed by atoms with Gasteiger partial charge in [0.25, 0.3) is 5.91 Å². The van der Waals surface area contributed by atoms with Crippen LogP contribution in [0.5, 0.6) is 0 Å².